The quantitative estimate of drug-likeness (QED) is 0.0689. The Morgan fingerprint density at radius 2 is 0.773 bits per heavy atom. The number of para-hydroxylation sites is 2. The van der Waals surface area contributed by atoms with E-state index in [0.29, 0.717) is 0 Å². The third-order valence-electron chi connectivity index (χ3n) is 32.2. The first-order valence-electron chi connectivity index (χ1n) is 53.9. The smallest absolute Gasteiger partial charge is 0.122 e. The zero-order valence-corrected chi connectivity index (χ0v) is 81.0. The predicted molar refractivity (Wildman–Crippen MR) is 542 cm³/mol. The number of nitrogens with one attached hydrogen (secondary N) is 8. The van der Waals surface area contributed by atoms with E-state index in [2.05, 4.69) is 174 Å². The number of rotatable bonds is 0. The van der Waals surface area contributed by atoms with Crippen molar-refractivity contribution in [2.24, 2.45) is 40.9 Å². The van der Waals surface area contributed by atoms with Crippen molar-refractivity contribution in [1.29, 1.82) is 0 Å². The van der Waals surface area contributed by atoms with Gasteiger partial charge in [-0.15, -0.1) is 0 Å². The van der Waals surface area contributed by atoms with Gasteiger partial charge < -0.3 is 51.4 Å². The molecule has 6 aromatic rings. The van der Waals surface area contributed by atoms with E-state index in [0.717, 1.165) is 118 Å². The van der Waals surface area contributed by atoms with Crippen molar-refractivity contribution in [3.63, 3.8) is 0 Å². The van der Waals surface area contributed by atoms with Gasteiger partial charge in [-0.25, -0.2) is 0 Å². The minimum absolute atomic E-state index is 0.722. The van der Waals surface area contributed by atoms with Crippen LogP contribution in [0.15, 0.2) is 150 Å². The van der Waals surface area contributed by atoms with Crippen LogP contribution in [-0.4, -0.2) is 140 Å². The van der Waals surface area contributed by atoms with Gasteiger partial charge in [-0.05, 0) is 341 Å². The molecule has 11 aliphatic carbocycles. The molecule has 19 fully saturated rings. The molecule has 11 saturated heterocycles. The number of hydrogen-bond donors (Lipinski definition) is 8. The minimum atomic E-state index is 0.722. The Morgan fingerprint density at radius 1 is 0.305 bits per heavy atom. The third kappa shape index (κ3) is 35.0. The normalized spacial score (nSPS) is 28.3. The molecule has 14 heterocycles. The van der Waals surface area contributed by atoms with Crippen molar-refractivity contribution in [2.45, 2.75) is 363 Å². The number of aryl methyl sites for hydroxylation is 6. The number of nitrogens with zero attached hydrogens (tertiary/aromatic N) is 1. The number of fused-ring (bicyclic) bond motifs is 19. The summed E-state index contributed by atoms with van der Waals surface area (Å²) in [5, 5.41) is 23.7. The molecule has 1 spiro atoms. The van der Waals surface area contributed by atoms with Crippen LogP contribution in [0.5, 0.6) is 5.75 Å². The topological polar surface area (TPSA) is 127 Å². The summed E-state index contributed by atoms with van der Waals surface area (Å²) in [6, 6.07) is 55.8. The fraction of sp³-hybridized carbons (Fsp3) is 0.687. The van der Waals surface area contributed by atoms with Gasteiger partial charge in [0.2, 0.25) is 0 Å². The van der Waals surface area contributed by atoms with Gasteiger partial charge in [-0.2, -0.15) is 0 Å². The van der Waals surface area contributed by atoms with E-state index in [4.69, 9.17) is 14.2 Å². The summed E-state index contributed by atoms with van der Waals surface area (Å²) in [6.07, 6.45) is 71.6. The molecule has 10 bridgehead atoms. The lowest BCUT2D eigenvalue weighted by Gasteiger charge is -2.50. The number of ether oxygens (including phenoxy) is 3. The molecule has 0 radical (unpaired) electrons. The first kappa shape index (κ1) is 98.9. The van der Waals surface area contributed by atoms with Crippen molar-refractivity contribution in [2.75, 3.05) is 110 Å². The fourth-order valence-corrected chi connectivity index (χ4v) is 24.6. The maximum Gasteiger partial charge on any atom is 0.122 e. The van der Waals surface area contributed by atoms with Gasteiger partial charge in [0.25, 0.3) is 0 Å². The molecule has 25 aliphatic rings. The maximum atomic E-state index is 5.40. The zero-order chi connectivity index (χ0) is 87.2. The van der Waals surface area contributed by atoms with E-state index in [1.54, 1.807) is 116 Å². The largest absolute Gasteiger partial charge is 0.493 e. The van der Waals surface area contributed by atoms with Crippen LogP contribution in [0.4, 0.5) is 5.69 Å². The monoisotopic (exact) mass is 1760 g/mol. The second kappa shape index (κ2) is 57.6. The number of morpholine rings is 1. The van der Waals surface area contributed by atoms with Gasteiger partial charge in [-0.3, -0.25) is 9.62 Å². The number of hydrogen-bond acceptors (Lipinski definition) is 13. The summed E-state index contributed by atoms with van der Waals surface area (Å²) < 4.78 is 19.0. The summed E-state index contributed by atoms with van der Waals surface area (Å²) in [5.74, 6) is 7.82. The molecular weight excluding hydrogens is 1590 g/mol. The Bertz CT molecular complexity index is 3260. The van der Waals surface area contributed by atoms with Crippen LogP contribution in [-0.2, 0) is 67.4 Å². The Balaban J connectivity index is 0.000000111. The van der Waals surface area contributed by atoms with E-state index >= 15 is 0 Å². The van der Waals surface area contributed by atoms with Gasteiger partial charge in [-0.1, -0.05) is 249 Å². The zero-order valence-electron chi connectivity index (χ0n) is 80.2. The van der Waals surface area contributed by atoms with Gasteiger partial charge in [0.15, 0.2) is 0 Å². The number of piperidine rings is 6. The Labute approximate surface area is 783 Å². The van der Waals surface area contributed by atoms with Crippen LogP contribution in [0.25, 0.3) is 0 Å². The Morgan fingerprint density at radius 3 is 1.15 bits per heavy atom. The number of benzene rings is 6. The molecule has 8 saturated carbocycles. The van der Waals surface area contributed by atoms with Gasteiger partial charge in [0.05, 0.1) is 19.8 Å². The van der Waals surface area contributed by atoms with Crippen LogP contribution >= 0.6 is 11.9 Å². The molecule has 5 atom stereocenters. The molecule has 6 aromatic carbocycles. The molecule has 31 rings (SSSR count). The van der Waals surface area contributed by atoms with E-state index in [1.165, 1.54) is 349 Å². The van der Waals surface area contributed by atoms with Crippen molar-refractivity contribution >= 4 is 17.6 Å². The lowest BCUT2D eigenvalue weighted by Crippen LogP contribution is -2.69. The highest BCUT2D eigenvalue weighted by atomic mass is 32.2. The second-order valence-corrected chi connectivity index (χ2v) is 42.9. The molecule has 706 valence electrons. The summed E-state index contributed by atoms with van der Waals surface area (Å²) in [7, 11) is 0. The summed E-state index contributed by atoms with van der Waals surface area (Å²) in [5.41, 5.74) is 15.7. The average Bonchev–Trinajstić information content (AvgIpc) is 1.78. The van der Waals surface area contributed by atoms with Crippen LogP contribution in [0.3, 0.4) is 0 Å². The molecule has 14 aliphatic heterocycles. The Kier molecular flexibility index (Phi) is 44.5. The van der Waals surface area contributed by atoms with Gasteiger partial charge in [0, 0.05) is 112 Å². The van der Waals surface area contributed by atoms with Crippen LogP contribution < -0.4 is 46.7 Å². The van der Waals surface area contributed by atoms with Crippen LogP contribution in [0.2, 0.25) is 0 Å². The summed E-state index contributed by atoms with van der Waals surface area (Å²) >= 11 is 1.72. The standard InChI is InChI=1S/C10H12.2C9H10.C8H15NO.C8H9N.C8H8O.C8H14.C7H7NS.2C7H13N.C7H12.C6H11N.C6H12.C5H10N2.C5H11N.C5H10O/c1-2-6-10-8-4-3-7-9(10)5-1;2*1-2-5-9-7-3-6-8(9)4-1;1-2-4-9-5-6-10-7-8(9)3-1;2*1-2-4-8-7(3-1)5-6-9-8;1-2-8-5-3-7(1)4-6-8;1-2-4-7-6(3-1)5-8-9-7;1-3-7-4-2-6(1)5-8-7;1-2-6-4-5-7(3-1)8-6;1-2-7-4-3-6(1)5-7;1-2-6-3-5(1)4-7-6;1-2-4-6-5-3-1;1-5(2-6-1)3-7-4-5;2*1-2-4-6-5-3-1/h1-2,5-6H,3-4,7-8H2;2*1-2,4-5H,3,6-7H2;8H,1-7H2;1-4,9H,5-6H2;1-4H,5-6H2;7-8H,1-6H2;1-4,8H,5H2;2*6-8H,1-5H2;6-7H,1-5H2;5-7H,1-4H2;1-6H2;6-7H,1-4H2;6H,1-5H2;1-5H2. The van der Waals surface area contributed by atoms with E-state index in [-0.39, 0.29) is 0 Å². The molecule has 0 aromatic heterocycles. The molecule has 8 N–H and O–H groups in total. The molecule has 12 nitrogen and oxygen atoms in total. The minimum Gasteiger partial charge on any atom is -0.493 e. The second-order valence-electron chi connectivity index (χ2n) is 41.9. The predicted octanol–water partition coefficient (Wildman–Crippen LogP) is 24.3. The first-order valence-corrected chi connectivity index (χ1v) is 54.7. The van der Waals surface area contributed by atoms with Crippen LogP contribution in [0, 0.1) is 40.9 Å². The van der Waals surface area contributed by atoms with Crippen molar-refractivity contribution < 1.29 is 14.2 Å². The fourth-order valence-electron chi connectivity index (χ4n) is 23.8. The molecule has 128 heavy (non-hydrogen) atoms. The van der Waals surface area contributed by atoms with Crippen molar-refractivity contribution in [3.05, 3.63) is 196 Å². The number of anilines is 1. The van der Waals surface area contributed by atoms with E-state index < -0.39 is 0 Å². The van der Waals surface area contributed by atoms with Gasteiger partial charge >= 0.3 is 0 Å². The lowest BCUT2D eigenvalue weighted by molar-refractivity contribution is -0.0231. The SMILES string of the molecule is C1CC2CC1CN2.C1CC2CCC(C1)N2.C1CC2CCC1C2.C1CC2CCC1CC2.C1CC2CCC1CN2.C1CCCCC1.C1CCN2CCOCC2C1.C1CCNCC1.C1CCOCC1.C1NCC12CNC2.c1ccc2c(c1)CCC2.c1ccc2c(c1)CCC2.c1ccc2c(c1)CCCC2.c1ccc2c(c1)CCN2.c1ccc2c(c1)CCO2.c1ccc2c(c1)CNS2. The highest BCUT2D eigenvalue weighted by Gasteiger charge is 2.42. The highest BCUT2D eigenvalue weighted by Crippen LogP contribution is 2.44. The van der Waals surface area contributed by atoms with Crippen molar-refractivity contribution in [3.8, 4) is 5.75 Å². The molecule has 5 unspecified atom stereocenters. The lowest BCUT2D eigenvalue weighted by atomic mass is 9.71. The third-order valence-corrected chi connectivity index (χ3v) is 33.1. The average molecular weight is 1770 g/mol. The van der Waals surface area contributed by atoms with E-state index in [9.17, 15) is 0 Å². The highest BCUT2D eigenvalue weighted by molar-refractivity contribution is 7.97. The van der Waals surface area contributed by atoms with Crippen molar-refractivity contribution in [1.82, 2.24) is 41.5 Å². The molecule has 13 heteroatoms. The van der Waals surface area contributed by atoms with E-state index in [1.807, 2.05) is 18.2 Å². The summed E-state index contributed by atoms with van der Waals surface area (Å²) in [4.78, 5) is 3.95. The first-order chi connectivity index (χ1) is 63.4. The maximum absolute atomic E-state index is 5.40. The molecular formula is C115H177N9O3S. The van der Waals surface area contributed by atoms with Crippen LogP contribution in [0.1, 0.15) is 320 Å². The Hall–Kier alpha value is -5.13. The molecule has 0 amide bonds. The summed E-state index contributed by atoms with van der Waals surface area (Å²) in [6.45, 7) is 19.5. The van der Waals surface area contributed by atoms with Gasteiger partial charge in [0.1, 0.15) is 5.75 Å².